The van der Waals surface area contributed by atoms with E-state index in [1.54, 1.807) is 12.1 Å². The molecule has 0 spiro atoms. The van der Waals surface area contributed by atoms with Crippen molar-refractivity contribution in [1.82, 2.24) is 4.90 Å². The van der Waals surface area contributed by atoms with Gasteiger partial charge >= 0.3 is 0 Å². The summed E-state index contributed by atoms with van der Waals surface area (Å²) in [6.07, 6.45) is 3.32. The number of hydrogen-bond donors (Lipinski definition) is 2. The van der Waals surface area contributed by atoms with Gasteiger partial charge in [0.05, 0.1) is 17.9 Å². The fraction of sp³-hybridized carbons (Fsp3) is 0.462. The van der Waals surface area contributed by atoms with Gasteiger partial charge in [0.2, 0.25) is 5.91 Å². The van der Waals surface area contributed by atoms with Crippen LogP contribution in [0.1, 0.15) is 19.3 Å². The minimum absolute atomic E-state index is 0.0401. The van der Waals surface area contributed by atoms with Gasteiger partial charge in [0.1, 0.15) is 5.82 Å². The van der Waals surface area contributed by atoms with Crippen LogP contribution >= 0.6 is 0 Å². The number of carbonyl (C=O) groups excluding carboxylic acids is 1. The average molecular weight is 251 g/mol. The molecule has 0 unspecified atom stereocenters. The Kier molecular flexibility index (Phi) is 4.02. The van der Waals surface area contributed by atoms with Crippen LogP contribution in [0.4, 0.5) is 15.8 Å². The number of nitrogens with one attached hydrogen (secondary N) is 1. The van der Waals surface area contributed by atoms with Crippen molar-refractivity contribution < 1.29 is 9.18 Å². The van der Waals surface area contributed by atoms with Gasteiger partial charge in [-0.2, -0.15) is 0 Å². The maximum absolute atomic E-state index is 13.2. The summed E-state index contributed by atoms with van der Waals surface area (Å²) in [5.74, 6) is -0.427. The number of anilines is 2. The number of rotatable bonds is 3. The number of nitrogens with zero attached hydrogens (tertiary/aromatic N) is 1. The standard InChI is InChI=1S/C13H18FN3O/c14-10-5-4-6-11(13(10)15)16-9-12(18)17-7-2-1-3-8-17/h4-6,16H,1-3,7-9,15H2. The van der Waals surface area contributed by atoms with Crippen LogP contribution in [0.3, 0.4) is 0 Å². The van der Waals surface area contributed by atoms with Crippen LogP contribution in [0, 0.1) is 5.82 Å². The highest BCUT2D eigenvalue weighted by Crippen LogP contribution is 2.20. The third-order valence-electron chi connectivity index (χ3n) is 3.19. The number of nitrogen functional groups attached to an aromatic ring is 1. The van der Waals surface area contributed by atoms with Crippen LogP contribution in [0.2, 0.25) is 0 Å². The Bertz CT molecular complexity index is 430. The van der Waals surface area contributed by atoms with E-state index < -0.39 is 5.82 Å². The van der Waals surface area contributed by atoms with E-state index in [2.05, 4.69) is 5.32 Å². The van der Waals surface area contributed by atoms with Gasteiger partial charge in [-0.05, 0) is 31.4 Å². The van der Waals surface area contributed by atoms with Crippen molar-refractivity contribution in [3.05, 3.63) is 24.0 Å². The number of carbonyl (C=O) groups is 1. The van der Waals surface area contributed by atoms with Crippen LogP contribution in [0.15, 0.2) is 18.2 Å². The summed E-state index contributed by atoms with van der Waals surface area (Å²) in [5, 5.41) is 2.89. The zero-order valence-corrected chi connectivity index (χ0v) is 10.3. The lowest BCUT2D eigenvalue weighted by Crippen LogP contribution is -2.39. The van der Waals surface area contributed by atoms with Crippen molar-refractivity contribution in [2.24, 2.45) is 0 Å². The van der Waals surface area contributed by atoms with Gasteiger partial charge in [0.15, 0.2) is 0 Å². The lowest BCUT2D eigenvalue weighted by atomic mass is 10.1. The molecule has 1 amide bonds. The van der Waals surface area contributed by atoms with E-state index in [0.717, 1.165) is 25.9 Å². The first kappa shape index (κ1) is 12.7. The molecule has 0 saturated carbocycles. The molecule has 1 heterocycles. The van der Waals surface area contributed by atoms with Gasteiger partial charge in [0.25, 0.3) is 0 Å². The number of nitrogens with two attached hydrogens (primary N) is 1. The Morgan fingerprint density at radius 1 is 1.33 bits per heavy atom. The van der Waals surface area contributed by atoms with Crippen molar-refractivity contribution in [2.75, 3.05) is 30.7 Å². The molecular weight excluding hydrogens is 233 g/mol. The molecule has 0 atom stereocenters. The lowest BCUT2D eigenvalue weighted by Gasteiger charge is -2.27. The smallest absolute Gasteiger partial charge is 0.241 e. The second kappa shape index (κ2) is 5.71. The molecule has 4 nitrogen and oxygen atoms in total. The Morgan fingerprint density at radius 3 is 2.78 bits per heavy atom. The number of benzene rings is 1. The normalized spacial score (nSPS) is 15.5. The first-order valence-corrected chi connectivity index (χ1v) is 6.24. The van der Waals surface area contributed by atoms with E-state index in [4.69, 9.17) is 5.73 Å². The van der Waals surface area contributed by atoms with E-state index in [0.29, 0.717) is 5.69 Å². The molecule has 1 aliphatic heterocycles. The topological polar surface area (TPSA) is 58.4 Å². The predicted octanol–water partition coefficient (Wildman–Crippen LogP) is 1.83. The predicted molar refractivity (Wildman–Crippen MR) is 69.7 cm³/mol. The van der Waals surface area contributed by atoms with Crippen LogP contribution in [-0.4, -0.2) is 30.4 Å². The highest BCUT2D eigenvalue weighted by atomic mass is 19.1. The molecule has 1 aliphatic rings. The van der Waals surface area contributed by atoms with Crippen molar-refractivity contribution in [3.8, 4) is 0 Å². The second-order valence-corrected chi connectivity index (χ2v) is 4.50. The minimum atomic E-state index is -0.467. The Morgan fingerprint density at radius 2 is 2.06 bits per heavy atom. The summed E-state index contributed by atoms with van der Waals surface area (Å²) in [6, 6.07) is 4.54. The molecule has 1 fully saturated rings. The third-order valence-corrected chi connectivity index (χ3v) is 3.19. The van der Waals surface area contributed by atoms with Crippen molar-refractivity contribution >= 4 is 17.3 Å². The molecule has 3 N–H and O–H groups in total. The maximum atomic E-state index is 13.2. The molecule has 18 heavy (non-hydrogen) atoms. The number of halogens is 1. The number of amides is 1. The van der Waals surface area contributed by atoms with Gasteiger partial charge in [0, 0.05) is 13.1 Å². The minimum Gasteiger partial charge on any atom is -0.395 e. The van der Waals surface area contributed by atoms with Crippen molar-refractivity contribution in [3.63, 3.8) is 0 Å². The van der Waals surface area contributed by atoms with Gasteiger partial charge in [-0.3, -0.25) is 4.79 Å². The molecule has 0 aromatic heterocycles. The van der Waals surface area contributed by atoms with Gasteiger partial charge in [-0.1, -0.05) is 6.07 Å². The highest BCUT2D eigenvalue weighted by Gasteiger charge is 2.16. The third kappa shape index (κ3) is 2.91. The van der Waals surface area contributed by atoms with E-state index in [-0.39, 0.29) is 18.1 Å². The highest BCUT2D eigenvalue weighted by molar-refractivity contribution is 5.82. The van der Waals surface area contributed by atoms with Crippen LogP contribution < -0.4 is 11.1 Å². The number of hydrogen-bond acceptors (Lipinski definition) is 3. The van der Waals surface area contributed by atoms with Crippen LogP contribution in [0.25, 0.3) is 0 Å². The van der Waals surface area contributed by atoms with E-state index in [1.165, 1.54) is 12.5 Å². The molecule has 0 aliphatic carbocycles. The summed E-state index contributed by atoms with van der Waals surface area (Å²) in [6.45, 7) is 1.80. The summed E-state index contributed by atoms with van der Waals surface area (Å²) >= 11 is 0. The molecule has 5 heteroatoms. The lowest BCUT2D eigenvalue weighted by molar-refractivity contribution is -0.130. The zero-order chi connectivity index (χ0) is 13.0. The summed E-state index contributed by atoms with van der Waals surface area (Å²) < 4.78 is 13.2. The number of piperidine rings is 1. The molecule has 1 aromatic rings. The van der Waals surface area contributed by atoms with Gasteiger partial charge in [-0.15, -0.1) is 0 Å². The average Bonchev–Trinajstić information content (AvgIpc) is 2.41. The van der Waals surface area contributed by atoms with Gasteiger partial charge < -0.3 is 16.0 Å². The summed E-state index contributed by atoms with van der Waals surface area (Å²) in [5.41, 5.74) is 6.12. The number of para-hydroxylation sites is 1. The fourth-order valence-corrected chi connectivity index (χ4v) is 2.12. The zero-order valence-electron chi connectivity index (χ0n) is 10.3. The molecule has 1 saturated heterocycles. The van der Waals surface area contributed by atoms with Crippen LogP contribution in [0.5, 0.6) is 0 Å². The largest absolute Gasteiger partial charge is 0.395 e. The molecule has 0 radical (unpaired) electrons. The fourth-order valence-electron chi connectivity index (χ4n) is 2.12. The van der Waals surface area contributed by atoms with Gasteiger partial charge in [-0.25, -0.2) is 4.39 Å². The van der Waals surface area contributed by atoms with E-state index in [1.807, 2.05) is 4.90 Å². The Labute approximate surface area is 106 Å². The Hall–Kier alpha value is -1.78. The first-order chi connectivity index (χ1) is 8.68. The summed E-state index contributed by atoms with van der Waals surface area (Å²) in [7, 11) is 0. The molecular formula is C13H18FN3O. The number of likely N-dealkylation sites (tertiary alicyclic amines) is 1. The summed E-state index contributed by atoms with van der Waals surface area (Å²) in [4.78, 5) is 13.7. The monoisotopic (exact) mass is 251 g/mol. The Balaban J connectivity index is 1.90. The molecule has 1 aromatic carbocycles. The molecule has 2 rings (SSSR count). The SMILES string of the molecule is Nc1c(F)cccc1NCC(=O)N1CCCCC1. The van der Waals surface area contributed by atoms with Crippen molar-refractivity contribution in [2.45, 2.75) is 19.3 Å². The van der Waals surface area contributed by atoms with E-state index in [9.17, 15) is 9.18 Å². The van der Waals surface area contributed by atoms with Crippen molar-refractivity contribution in [1.29, 1.82) is 0 Å². The quantitative estimate of drug-likeness (QED) is 0.806. The van der Waals surface area contributed by atoms with Crippen LogP contribution in [-0.2, 0) is 4.79 Å². The first-order valence-electron chi connectivity index (χ1n) is 6.24. The maximum Gasteiger partial charge on any atom is 0.241 e. The van der Waals surface area contributed by atoms with E-state index >= 15 is 0 Å². The second-order valence-electron chi connectivity index (χ2n) is 4.50. The molecule has 98 valence electrons. The molecule has 0 bridgehead atoms.